The SMILES string of the molecule is CC1OC(=O)NC1c1cccc(O)c1. The van der Waals surface area contributed by atoms with E-state index in [0.29, 0.717) is 0 Å². The summed E-state index contributed by atoms with van der Waals surface area (Å²) in [6, 6.07) is 6.62. The van der Waals surface area contributed by atoms with E-state index >= 15 is 0 Å². The Morgan fingerprint density at radius 1 is 1.50 bits per heavy atom. The average molecular weight is 193 g/mol. The van der Waals surface area contributed by atoms with E-state index in [1.54, 1.807) is 18.2 Å². The van der Waals surface area contributed by atoms with Crippen molar-refractivity contribution in [3.05, 3.63) is 29.8 Å². The predicted molar refractivity (Wildman–Crippen MR) is 49.9 cm³/mol. The first-order valence-electron chi connectivity index (χ1n) is 4.43. The van der Waals surface area contributed by atoms with Crippen LogP contribution in [0, 0.1) is 0 Å². The molecule has 2 rings (SSSR count). The second-order valence-electron chi connectivity index (χ2n) is 3.33. The van der Waals surface area contributed by atoms with Crippen molar-refractivity contribution in [2.24, 2.45) is 0 Å². The highest BCUT2D eigenvalue weighted by Crippen LogP contribution is 2.26. The number of phenolic OH excluding ortho intramolecular Hbond substituents is 1. The second-order valence-corrected chi connectivity index (χ2v) is 3.33. The Hall–Kier alpha value is -1.71. The van der Waals surface area contributed by atoms with Crippen molar-refractivity contribution < 1.29 is 14.6 Å². The lowest BCUT2D eigenvalue weighted by Crippen LogP contribution is -2.20. The van der Waals surface area contributed by atoms with Crippen LogP contribution in [0.15, 0.2) is 24.3 Å². The van der Waals surface area contributed by atoms with E-state index in [-0.39, 0.29) is 17.9 Å². The number of carbonyl (C=O) groups is 1. The maximum Gasteiger partial charge on any atom is 0.408 e. The van der Waals surface area contributed by atoms with E-state index in [0.717, 1.165) is 5.56 Å². The summed E-state index contributed by atoms with van der Waals surface area (Å²) in [6.45, 7) is 1.81. The molecular weight excluding hydrogens is 182 g/mol. The Bertz CT molecular complexity index is 364. The van der Waals surface area contributed by atoms with Gasteiger partial charge < -0.3 is 15.2 Å². The first kappa shape index (κ1) is 8.87. The van der Waals surface area contributed by atoms with Crippen LogP contribution in [-0.4, -0.2) is 17.3 Å². The highest BCUT2D eigenvalue weighted by Gasteiger charge is 2.31. The number of carbonyl (C=O) groups excluding carboxylic acids is 1. The fraction of sp³-hybridized carbons (Fsp3) is 0.300. The van der Waals surface area contributed by atoms with Crippen molar-refractivity contribution in [1.29, 1.82) is 0 Å². The number of nitrogens with one attached hydrogen (secondary N) is 1. The minimum absolute atomic E-state index is 0.172. The van der Waals surface area contributed by atoms with Gasteiger partial charge in [0.05, 0.1) is 6.04 Å². The molecular formula is C10H11NO3. The predicted octanol–water partition coefficient (Wildman–Crippen LogP) is 1.56. The van der Waals surface area contributed by atoms with Crippen molar-refractivity contribution in [2.75, 3.05) is 0 Å². The van der Waals surface area contributed by atoms with Crippen LogP contribution in [0.25, 0.3) is 0 Å². The number of hydrogen-bond acceptors (Lipinski definition) is 3. The highest BCUT2D eigenvalue weighted by molar-refractivity contribution is 5.70. The molecule has 74 valence electrons. The molecule has 4 nitrogen and oxygen atoms in total. The van der Waals surface area contributed by atoms with Crippen LogP contribution in [0.3, 0.4) is 0 Å². The molecule has 0 spiro atoms. The molecule has 1 heterocycles. The van der Waals surface area contributed by atoms with Gasteiger partial charge >= 0.3 is 6.09 Å². The molecule has 1 amide bonds. The maximum atomic E-state index is 10.9. The first-order valence-corrected chi connectivity index (χ1v) is 4.43. The number of phenols is 1. The molecule has 2 unspecified atom stereocenters. The van der Waals surface area contributed by atoms with Crippen LogP contribution in [-0.2, 0) is 4.74 Å². The summed E-state index contributed by atoms with van der Waals surface area (Å²) in [5.74, 6) is 0.191. The van der Waals surface area contributed by atoms with Crippen molar-refractivity contribution in [2.45, 2.75) is 19.1 Å². The monoisotopic (exact) mass is 193 g/mol. The number of amides is 1. The summed E-state index contributed by atoms with van der Waals surface area (Å²) in [4.78, 5) is 10.9. The third kappa shape index (κ3) is 1.51. The summed E-state index contributed by atoms with van der Waals surface area (Å²) < 4.78 is 4.94. The van der Waals surface area contributed by atoms with E-state index in [1.165, 1.54) is 0 Å². The molecule has 14 heavy (non-hydrogen) atoms. The highest BCUT2D eigenvalue weighted by atomic mass is 16.6. The normalized spacial score (nSPS) is 25.6. The van der Waals surface area contributed by atoms with Gasteiger partial charge in [-0.05, 0) is 24.6 Å². The Morgan fingerprint density at radius 3 is 2.86 bits per heavy atom. The minimum atomic E-state index is -0.411. The molecule has 1 aromatic carbocycles. The molecule has 0 aromatic heterocycles. The summed E-state index contributed by atoms with van der Waals surface area (Å²) in [5, 5.41) is 11.9. The second kappa shape index (κ2) is 3.21. The third-order valence-corrected chi connectivity index (χ3v) is 2.27. The van der Waals surface area contributed by atoms with Crippen LogP contribution in [0.4, 0.5) is 4.79 Å². The van der Waals surface area contributed by atoms with Crippen LogP contribution in [0.2, 0.25) is 0 Å². The molecule has 0 saturated carbocycles. The number of ether oxygens (including phenoxy) is 1. The van der Waals surface area contributed by atoms with Crippen molar-refractivity contribution in [1.82, 2.24) is 5.32 Å². The lowest BCUT2D eigenvalue weighted by molar-refractivity contribution is 0.141. The first-order chi connectivity index (χ1) is 6.66. The summed E-state index contributed by atoms with van der Waals surface area (Å²) >= 11 is 0. The lowest BCUT2D eigenvalue weighted by Gasteiger charge is -2.12. The molecule has 1 aliphatic heterocycles. The van der Waals surface area contributed by atoms with Crippen LogP contribution < -0.4 is 5.32 Å². The Kier molecular flexibility index (Phi) is 2.04. The van der Waals surface area contributed by atoms with E-state index in [1.807, 2.05) is 13.0 Å². The molecule has 1 aliphatic rings. The van der Waals surface area contributed by atoms with Crippen molar-refractivity contribution >= 4 is 6.09 Å². The van der Waals surface area contributed by atoms with Gasteiger partial charge in [-0.15, -0.1) is 0 Å². The van der Waals surface area contributed by atoms with Gasteiger partial charge in [0.15, 0.2) is 0 Å². The molecule has 1 fully saturated rings. The summed E-state index contributed by atoms with van der Waals surface area (Å²) in [6.07, 6.45) is -0.616. The largest absolute Gasteiger partial charge is 0.508 e. The molecule has 1 aromatic rings. The number of benzene rings is 1. The molecule has 2 atom stereocenters. The van der Waals surface area contributed by atoms with Gasteiger partial charge in [-0.2, -0.15) is 0 Å². The fourth-order valence-electron chi connectivity index (χ4n) is 1.59. The average Bonchev–Trinajstić information content (AvgIpc) is 2.45. The van der Waals surface area contributed by atoms with E-state index in [2.05, 4.69) is 5.32 Å². The maximum absolute atomic E-state index is 10.9. The Labute approximate surface area is 81.5 Å². The minimum Gasteiger partial charge on any atom is -0.508 e. The molecule has 0 bridgehead atoms. The van der Waals surface area contributed by atoms with Gasteiger partial charge in [-0.1, -0.05) is 12.1 Å². The lowest BCUT2D eigenvalue weighted by atomic mass is 10.0. The Morgan fingerprint density at radius 2 is 2.29 bits per heavy atom. The van der Waals surface area contributed by atoms with Gasteiger partial charge in [0.1, 0.15) is 11.9 Å². The zero-order chi connectivity index (χ0) is 10.1. The van der Waals surface area contributed by atoms with Gasteiger partial charge in [0, 0.05) is 0 Å². The standard InChI is InChI=1S/C10H11NO3/c1-6-9(11-10(13)14-6)7-3-2-4-8(12)5-7/h2-6,9,12H,1H3,(H,11,13). The smallest absolute Gasteiger partial charge is 0.408 e. The van der Waals surface area contributed by atoms with Crippen LogP contribution in [0.5, 0.6) is 5.75 Å². The van der Waals surface area contributed by atoms with Crippen LogP contribution >= 0.6 is 0 Å². The van der Waals surface area contributed by atoms with Gasteiger partial charge in [-0.3, -0.25) is 0 Å². The summed E-state index contributed by atoms with van der Waals surface area (Å²) in [7, 11) is 0. The zero-order valence-electron chi connectivity index (χ0n) is 7.73. The van der Waals surface area contributed by atoms with E-state index < -0.39 is 6.09 Å². The van der Waals surface area contributed by atoms with Gasteiger partial charge in [-0.25, -0.2) is 4.79 Å². The van der Waals surface area contributed by atoms with Crippen LogP contribution in [0.1, 0.15) is 18.5 Å². The van der Waals surface area contributed by atoms with Crippen molar-refractivity contribution in [3.8, 4) is 5.75 Å². The quantitative estimate of drug-likeness (QED) is 0.711. The number of alkyl carbamates (subject to hydrolysis) is 1. The number of rotatable bonds is 1. The van der Waals surface area contributed by atoms with Gasteiger partial charge in [0.25, 0.3) is 0 Å². The van der Waals surface area contributed by atoms with E-state index in [9.17, 15) is 9.90 Å². The topological polar surface area (TPSA) is 58.6 Å². The Balaban J connectivity index is 2.27. The van der Waals surface area contributed by atoms with Gasteiger partial charge in [0.2, 0.25) is 0 Å². The summed E-state index contributed by atoms with van der Waals surface area (Å²) in [5.41, 5.74) is 0.850. The molecule has 0 aliphatic carbocycles. The fourth-order valence-corrected chi connectivity index (χ4v) is 1.59. The van der Waals surface area contributed by atoms with E-state index in [4.69, 9.17) is 4.74 Å². The molecule has 0 radical (unpaired) electrons. The number of aromatic hydroxyl groups is 1. The zero-order valence-corrected chi connectivity index (χ0v) is 7.73. The third-order valence-electron chi connectivity index (χ3n) is 2.27. The number of hydrogen-bond donors (Lipinski definition) is 2. The molecule has 4 heteroatoms. The molecule has 1 saturated heterocycles. The molecule has 2 N–H and O–H groups in total. The number of cyclic esters (lactones) is 1. The van der Waals surface area contributed by atoms with Crippen molar-refractivity contribution in [3.63, 3.8) is 0 Å².